The average molecular weight is 1580 g/mol. The summed E-state index contributed by atoms with van der Waals surface area (Å²) in [5.41, 5.74) is 19.0. The Morgan fingerprint density at radius 1 is 0.368 bits per heavy atom. The van der Waals surface area contributed by atoms with Gasteiger partial charge in [-0.2, -0.15) is 9.61 Å². The number of pyridine rings is 6. The van der Waals surface area contributed by atoms with Crippen LogP contribution >= 0.6 is 46.4 Å². The van der Waals surface area contributed by atoms with Gasteiger partial charge >= 0.3 is 0 Å². The lowest BCUT2D eigenvalue weighted by molar-refractivity contribution is 0.103. The number of hydrogen-bond donors (Lipinski definition) is 5. The molecule has 4 aliphatic heterocycles. The number of nitrogens with zero attached hydrogens (tertiary/aromatic N) is 16. The van der Waals surface area contributed by atoms with Gasteiger partial charge in [0.1, 0.15) is 39.8 Å². The maximum absolute atomic E-state index is 12.8. The first-order chi connectivity index (χ1) is 55.7. The van der Waals surface area contributed by atoms with E-state index in [1.54, 1.807) is 103 Å². The van der Waals surface area contributed by atoms with Crippen LogP contribution in [0.15, 0.2) is 276 Å². The molecule has 19 rings (SSSR count). The molecular weight excluding hydrogens is 1520 g/mol. The highest BCUT2D eigenvalue weighted by molar-refractivity contribution is 6.35. The number of fused-ring (bicyclic) bond motifs is 6. The smallest absolute Gasteiger partial charge is 0.250 e. The van der Waals surface area contributed by atoms with Crippen LogP contribution in [0.5, 0.6) is 23.3 Å². The van der Waals surface area contributed by atoms with Crippen molar-refractivity contribution in [3.05, 3.63) is 355 Å². The van der Waals surface area contributed by atoms with E-state index in [9.17, 15) is 4.79 Å². The number of carbonyl (C=O) groups excluding carboxylic acids is 1. The standard InChI is InChI=1S/C21H14ClN5O.C21H16ClN3O.C18H13ClN4O.C14H14N4.C12H10ClN5/c22-16-11-15(27-20-18-14(12-26-20)4-2-8-23-18)5-6-17(16)28-21-19-13(7-10-25-21)3-1-9-24-19;1-13-5-2-3-7-16(13)20(26)17-9-8-15(11-18(17)22)25-21-19-14(12-24-21)6-4-10-23-19;19-14-10-13(6-7-15(14)24-16-5-1-2-8-20-16)23-18-17-12(11-22-18)4-3-9-21-17;1-9-3-4-11(7-10(9)2)18-14-13-12(8-17-14)15-5-6-16-13;1-8-4-5-9(7-10(8)13)15-12-17-16-11-3-2-6-14-18(11)12/h1-11H,12H2,(H,26,27);2-11H,12H2,1H3,(H,24,25);1-10H,11H2,(H,22,23);3-7H,8H2,1-2H3,(H,17,18);2-7H,1H3,(H,15,17). The molecule has 9 aromatic heterocycles. The molecule has 0 spiro atoms. The minimum atomic E-state index is -0.0788. The molecule has 28 heteroatoms. The average Bonchev–Trinajstić information content (AvgIpc) is 1.35. The molecule has 0 saturated heterocycles. The Morgan fingerprint density at radius 3 is 1.50 bits per heavy atom. The van der Waals surface area contributed by atoms with Crippen LogP contribution in [0.3, 0.4) is 0 Å². The van der Waals surface area contributed by atoms with Crippen molar-refractivity contribution in [3.63, 3.8) is 0 Å². The first kappa shape index (κ1) is 75.6. The number of rotatable bonds is 12. The fourth-order valence-corrected chi connectivity index (χ4v) is 13.0. The molecule has 0 radical (unpaired) electrons. The number of benzene rings is 6. The Balaban J connectivity index is 0.000000113. The van der Waals surface area contributed by atoms with E-state index in [1.165, 1.54) is 11.1 Å². The van der Waals surface area contributed by atoms with Gasteiger partial charge in [0.25, 0.3) is 0 Å². The maximum atomic E-state index is 12.8. The lowest BCUT2D eigenvalue weighted by Crippen LogP contribution is -2.13. The monoisotopic (exact) mass is 1580 g/mol. The summed E-state index contributed by atoms with van der Waals surface area (Å²) in [6, 6.07) is 62.4. The molecule has 0 bridgehead atoms. The van der Waals surface area contributed by atoms with Crippen LogP contribution in [0.4, 0.5) is 34.4 Å². The van der Waals surface area contributed by atoms with Gasteiger partial charge in [0.15, 0.2) is 34.8 Å². The molecule has 0 atom stereocenters. The summed E-state index contributed by atoms with van der Waals surface area (Å²) < 4.78 is 13.2. The number of ether oxygens (including phenoxy) is 2. The number of aryl methyl sites for hydroxylation is 4. The van der Waals surface area contributed by atoms with Crippen LogP contribution in [-0.4, -0.2) is 88.8 Å². The van der Waals surface area contributed by atoms with E-state index in [0.29, 0.717) is 97.8 Å². The van der Waals surface area contributed by atoms with Crippen molar-refractivity contribution in [2.24, 2.45) is 20.0 Å². The molecule has 4 aliphatic rings. The van der Waals surface area contributed by atoms with Crippen LogP contribution in [0, 0.1) is 27.7 Å². The predicted octanol–water partition coefficient (Wildman–Crippen LogP) is 19.1. The Kier molecular flexibility index (Phi) is 23.3. The molecule has 0 aliphatic carbocycles. The van der Waals surface area contributed by atoms with Crippen molar-refractivity contribution in [2.45, 2.75) is 53.9 Å². The van der Waals surface area contributed by atoms with Gasteiger partial charge in [0.2, 0.25) is 17.7 Å². The summed E-state index contributed by atoms with van der Waals surface area (Å²) in [5, 5.41) is 31.5. The Bertz CT molecular complexity index is 6240. The Hall–Kier alpha value is -13.8. The second-order valence-electron chi connectivity index (χ2n) is 25.9. The highest BCUT2D eigenvalue weighted by Crippen LogP contribution is 2.36. The predicted molar refractivity (Wildman–Crippen MR) is 449 cm³/mol. The van der Waals surface area contributed by atoms with Crippen LogP contribution < -0.4 is 36.1 Å². The summed E-state index contributed by atoms with van der Waals surface area (Å²) in [4.78, 5) is 65.1. The topological polar surface area (TPSA) is 291 Å². The number of hydrogen-bond acceptors (Lipinski definition) is 23. The molecular formula is C86H67Cl4N21O3. The molecule has 0 amide bonds. The van der Waals surface area contributed by atoms with Gasteiger partial charge in [0, 0.05) is 129 Å². The number of carbonyl (C=O) groups is 1. The number of aliphatic imine (C=N–C) groups is 4. The van der Waals surface area contributed by atoms with Crippen molar-refractivity contribution >= 4 is 126 Å². The third kappa shape index (κ3) is 18.0. The molecule has 0 saturated carbocycles. The van der Waals surface area contributed by atoms with E-state index in [4.69, 9.17) is 55.9 Å². The molecule has 5 N–H and O–H groups in total. The molecule has 13 heterocycles. The Labute approximate surface area is 674 Å². The highest BCUT2D eigenvalue weighted by Gasteiger charge is 2.23. The van der Waals surface area contributed by atoms with Gasteiger partial charge in [-0.15, -0.1) is 10.2 Å². The zero-order valence-corrected chi connectivity index (χ0v) is 64.5. The minimum absolute atomic E-state index is 0.0788. The van der Waals surface area contributed by atoms with E-state index >= 15 is 0 Å². The largest absolute Gasteiger partial charge is 0.437 e. The number of aromatic nitrogens is 12. The van der Waals surface area contributed by atoms with Crippen molar-refractivity contribution in [1.29, 1.82) is 0 Å². The molecule has 0 fully saturated rings. The van der Waals surface area contributed by atoms with Gasteiger partial charge in [-0.1, -0.05) is 113 Å². The summed E-state index contributed by atoms with van der Waals surface area (Å²) in [5.74, 6) is 5.46. The first-order valence-corrected chi connectivity index (χ1v) is 37.3. The lowest BCUT2D eigenvalue weighted by atomic mass is 9.99. The molecule has 114 heavy (non-hydrogen) atoms. The number of anilines is 6. The number of nitrogens with one attached hydrogen (secondary N) is 5. The summed E-state index contributed by atoms with van der Waals surface area (Å²) in [7, 11) is 0. The fraction of sp³-hybridized carbons (Fsp3) is 0.0930. The van der Waals surface area contributed by atoms with Gasteiger partial charge in [-0.25, -0.2) is 15.0 Å². The van der Waals surface area contributed by atoms with Crippen LogP contribution in [0.25, 0.3) is 16.6 Å². The molecule has 0 unspecified atom stereocenters. The number of ketones is 1. The van der Waals surface area contributed by atoms with Crippen molar-refractivity contribution in [1.82, 2.24) is 59.7 Å². The zero-order valence-electron chi connectivity index (χ0n) is 61.5. The molecule has 24 nitrogen and oxygen atoms in total. The van der Waals surface area contributed by atoms with E-state index in [1.807, 2.05) is 153 Å². The van der Waals surface area contributed by atoms with Gasteiger partial charge in [0.05, 0.1) is 46.9 Å². The van der Waals surface area contributed by atoms with Crippen LogP contribution in [-0.2, 0) is 26.2 Å². The second kappa shape index (κ2) is 35.1. The SMILES string of the molecule is Cc1ccc(NC2=NCc3nccnc32)cc1C.Cc1ccc(Nc2nnc3cccnn23)cc1Cl.Cc1ccccc1C(=O)c1ccc(NC2=NCc3cccnc32)cc1Cl.Clc1cc(NC2=NCc3cccnc32)ccc1Oc1ccccn1.Clc1cc(NC2=NCc3cccnc32)ccc1Oc1nccc2cccnc12. The summed E-state index contributed by atoms with van der Waals surface area (Å²) in [6.07, 6.45) is 15.4. The van der Waals surface area contributed by atoms with E-state index in [-0.39, 0.29) is 5.78 Å². The van der Waals surface area contributed by atoms with Crippen LogP contribution in [0.2, 0.25) is 20.1 Å². The van der Waals surface area contributed by atoms with Gasteiger partial charge in [-0.05, 0) is 177 Å². The third-order valence-electron chi connectivity index (χ3n) is 18.1. The third-order valence-corrected chi connectivity index (χ3v) is 19.4. The fourth-order valence-electron chi connectivity index (χ4n) is 12.1. The van der Waals surface area contributed by atoms with Crippen molar-refractivity contribution in [2.75, 3.05) is 26.6 Å². The normalized spacial score (nSPS) is 12.3. The lowest BCUT2D eigenvalue weighted by Gasteiger charge is -2.11. The van der Waals surface area contributed by atoms with Gasteiger partial charge < -0.3 is 36.1 Å². The summed E-state index contributed by atoms with van der Waals surface area (Å²) in [6.45, 7) is 10.6. The Morgan fingerprint density at radius 2 is 0.886 bits per heavy atom. The maximum Gasteiger partial charge on any atom is 0.250 e. The number of amidine groups is 4. The molecule has 562 valence electrons. The van der Waals surface area contributed by atoms with E-state index in [2.05, 4.69) is 134 Å². The molecule has 6 aromatic carbocycles. The second-order valence-corrected chi connectivity index (χ2v) is 27.6. The zero-order chi connectivity index (χ0) is 78.4. The van der Waals surface area contributed by atoms with Crippen molar-refractivity contribution < 1.29 is 14.3 Å². The van der Waals surface area contributed by atoms with E-state index < -0.39 is 0 Å². The van der Waals surface area contributed by atoms with Crippen LogP contribution in [0.1, 0.15) is 83.3 Å². The minimum Gasteiger partial charge on any atom is -0.437 e. The first-order valence-electron chi connectivity index (χ1n) is 35.8. The molecule has 15 aromatic rings. The van der Waals surface area contributed by atoms with Crippen molar-refractivity contribution in [3.8, 4) is 23.3 Å². The van der Waals surface area contributed by atoms with E-state index in [0.717, 1.165) is 113 Å². The number of halogens is 4. The quantitative estimate of drug-likeness (QED) is 0.0710. The highest BCUT2D eigenvalue weighted by atomic mass is 35.5. The summed E-state index contributed by atoms with van der Waals surface area (Å²) >= 11 is 25.2. The van der Waals surface area contributed by atoms with Gasteiger partial charge in [-0.3, -0.25) is 49.7 Å².